The van der Waals surface area contributed by atoms with Crippen LogP contribution in [0.2, 0.25) is 0 Å². The maximum atomic E-state index is 12.6. The molecule has 8 heteroatoms. The molecule has 1 saturated heterocycles. The van der Waals surface area contributed by atoms with Crippen molar-refractivity contribution in [2.45, 2.75) is 52.4 Å². The van der Waals surface area contributed by atoms with Crippen LogP contribution in [0.3, 0.4) is 0 Å². The lowest BCUT2D eigenvalue weighted by atomic mass is 9.92. The van der Waals surface area contributed by atoms with E-state index in [0.29, 0.717) is 23.4 Å². The van der Waals surface area contributed by atoms with Gasteiger partial charge in [0.25, 0.3) is 5.56 Å². The predicted octanol–water partition coefficient (Wildman–Crippen LogP) is 2.26. The highest BCUT2D eigenvalue weighted by Crippen LogP contribution is 2.27. The molecule has 1 fully saturated rings. The standard InChI is InChI=1S/C22H34N6O2/c1-4-7-10-23-20(29)15-27-11-8-16(9-12-27)18-13-19-17(21(30)25-18)14-24-22(26-19)28(5-2)6-3/h13-14,16H,4-12,15H2,1-3H3,(H,23,29)(H,25,30). The van der Waals surface area contributed by atoms with Gasteiger partial charge in [-0.25, -0.2) is 9.97 Å². The second-order valence-electron chi connectivity index (χ2n) is 7.95. The zero-order valence-corrected chi connectivity index (χ0v) is 18.4. The summed E-state index contributed by atoms with van der Waals surface area (Å²) < 4.78 is 0. The Morgan fingerprint density at radius 1 is 1.27 bits per heavy atom. The van der Waals surface area contributed by atoms with E-state index in [-0.39, 0.29) is 17.4 Å². The number of nitrogens with zero attached hydrogens (tertiary/aromatic N) is 4. The van der Waals surface area contributed by atoms with Crippen molar-refractivity contribution in [1.29, 1.82) is 0 Å². The van der Waals surface area contributed by atoms with Crippen LogP contribution in [0.1, 0.15) is 58.1 Å². The Labute approximate surface area is 178 Å². The van der Waals surface area contributed by atoms with Gasteiger partial charge in [0.2, 0.25) is 11.9 Å². The van der Waals surface area contributed by atoms with Gasteiger partial charge in [-0.2, -0.15) is 0 Å². The van der Waals surface area contributed by atoms with Gasteiger partial charge in [-0.15, -0.1) is 0 Å². The maximum Gasteiger partial charge on any atom is 0.259 e. The van der Waals surface area contributed by atoms with Crippen LogP contribution in [0, 0.1) is 0 Å². The molecular formula is C22H34N6O2. The van der Waals surface area contributed by atoms with E-state index in [1.54, 1.807) is 6.20 Å². The van der Waals surface area contributed by atoms with Crippen molar-refractivity contribution in [2.75, 3.05) is 44.2 Å². The molecule has 0 atom stereocenters. The van der Waals surface area contributed by atoms with Crippen molar-refractivity contribution in [3.63, 3.8) is 0 Å². The molecule has 0 unspecified atom stereocenters. The first-order valence-electron chi connectivity index (χ1n) is 11.2. The predicted molar refractivity (Wildman–Crippen MR) is 120 cm³/mol. The van der Waals surface area contributed by atoms with Gasteiger partial charge in [-0.3, -0.25) is 14.5 Å². The van der Waals surface area contributed by atoms with Gasteiger partial charge in [0.1, 0.15) is 0 Å². The van der Waals surface area contributed by atoms with Crippen LogP contribution in [-0.2, 0) is 4.79 Å². The molecule has 0 aliphatic carbocycles. The number of likely N-dealkylation sites (tertiary alicyclic amines) is 1. The molecule has 0 bridgehead atoms. The number of H-pyrrole nitrogens is 1. The summed E-state index contributed by atoms with van der Waals surface area (Å²) in [6.07, 6.45) is 5.55. The van der Waals surface area contributed by atoms with Gasteiger partial charge in [-0.1, -0.05) is 13.3 Å². The zero-order chi connectivity index (χ0) is 21.5. The molecule has 164 valence electrons. The molecule has 3 heterocycles. The SMILES string of the molecule is CCCCNC(=O)CN1CCC(c2cc3nc(N(CC)CC)ncc3c(=O)[nH]2)CC1. The Hall–Kier alpha value is -2.48. The minimum Gasteiger partial charge on any atom is -0.355 e. The van der Waals surface area contributed by atoms with Gasteiger partial charge in [0.15, 0.2) is 0 Å². The number of anilines is 1. The largest absolute Gasteiger partial charge is 0.355 e. The molecule has 2 N–H and O–H groups in total. The molecule has 8 nitrogen and oxygen atoms in total. The van der Waals surface area contributed by atoms with E-state index in [0.717, 1.165) is 64.1 Å². The number of hydrogen-bond acceptors (Lipinski definition) is 6. The fourth-order valence-corrected chi connectivity index (χ4v) is 4.00. The number of pyridine rings is 1. The van der Waals surface area contributed by atoms with Gasteiger partial charge in [0.05, 0.1) is 17.4 Å². The van der Waals surface area contributed by atoms with E-state index in [1.165, 1.54) is 0 Å². The van der Waals surface area contributed by atoms with Crippen LogP contribution < -0.4 is 15.8 Å². The van der Waals surface area contributed by atoms with E-state index >= 15 is 0 Å². The Morgan fingerprint density at radius 3 is 2.67 bits per heavy atom. The maximum absolute atomic E-state index is 12.6. The van der Waals surface area contributed by atoms with Crippen molar-refractivity contribution in [3.8, 4) is 0 Å². The number of rotatable bonds is 9. The minimum atomic E-state index is -0.133. The van der Waals surface area contributed by atoms with Crippen molar-refractivity contribution in [1.82, 2.24) is 25.2 Å². The smallest absolute Gasteiger partial charge is 0.259 e. The first kappa shape index (κ1) is 22.2. The summed E-state index contributed by atoms with van der Waals surface area (Å²) in [6, 6.07) is 2.00. The number of carbonyl (C=O) groups is 1. The molecule has 1 aliphatic rings. The van der Waals surface area contributed by atoms with E-state index in [4.69, 9.17) is 0 Å². The van der Waals surface area contributed by atoms with E-state index in [9.17, 15) is 9.59 Å². The number of nitrogens with one attached hydrogen (secondary N) is 2. The van der Waals surface area contributed by atoms with E-state index in [2.05, 4.69) is 50.8 Å². The summed E-state index contributed by atoms with van der Waals surface area (Å²) in [5.74, 6) is 1.03. The molecule has 0 radical (unpaired) electrons. The Morgan fingerprint density at radius 2 is 2.00 bits per heavy atom. The topological polar surface area (TPSA) is 94.2 Å². The van der Waals surface area contributed by atoms with Gasteiger partial charge < -0.3 is 15.2 Å². The fraction of sp³-hybridized carbons (Fsp3) is 0.636. The summed E-state index contributed by atoms with van der Waals surface area (Å²) in [4.78, 5) is 41.0. The number of piperidine rings is 1. The lowest BCUT2D eigenvalue weighted by Crippen LogP contribution is -2.41. The van der Waals surface area contributed by atoms with Crippen molar-refractivity contribution in [3.05, 3.63) is 28.3 Å². The van der Waals surface area contributed by atoms with Crippen LogP contribution in [-0.4, -0.2) is 65.0 Å². The third kappa shape index (κ3) is 5.36. The van der Waals surface area contributed by atoms with Crippen LogP contribution in [0.25, 0.3) is 10.9 Å². The number of aromatic nitrogens is 3. The Bertz CT molecular complexity index is 900. The second-order valence-corrected chi connectivity index (χ2v) is 7.95. The molecule has 2 aromatic rings. The van der Waals surface area contributed by atoms with Crippen molar-refractivity contribution < 1.29 is 4.79 Å². The quantitative estimate of drug-likeness (QED) is 0.611. The lowest BCUT2D eigenvalue weighted by Gasteiger charge is -2.31. The lowest BCUT2D eigenvalue weighted by molar-refractivity contribution is -0.122. The minimum absolute atomic E-state index is 0.0987. The molecule has 1 amide bonds. The number of fused-ring (bicyclic) bond motifs is 1. The molecule has 3 rings (SSSR count). The molecule has 0 saturated carbocycles. The molecule has 0 spiro atoms. The summed E-state index contributed by atoms with van der Waals surface area (Å²) in [5, 5.41) is 3.50. The van der Waals surface area contributed by atoms with Crippen molar-refractivity contribution >= 4 is 22.8 Å². The first-order valence-corrected chi connectivity index (χ1v) is 11.2. The summed E-state index contributed by atoms with van der Waals surface area (Å²) in [6.45, 7) is 10.8. The number of unbranched alkanes of at least 4 members (excludes halogenated alkanes) is 1. The molecule has 2 aromatic heterocycles. The van der Waals surface area contributed by atoms with Crippen LogP contribution in [0.5, 0.6) is 0 Å². The van der Waals surface area contributed by atoms with Crippen LogP contribution >= 0.6 is 0 Å². The molecular weight excluding hydrogens is 380 g/mol. The number of aromatic amines is 1. The first-order chi connectivity index (χ1) is 14.5. The number of amides is 1. The zero-order valence-electron chi connectivity index (χ0n) is 18.4. The molecule has 30 heavy (non-hydrogen) atoms. The number of hydrogen-bond donors (Lipinski definition) is 2. The van der Waals surface area contributed by atoms with Gasteiger partial charge in [0, 0.05) is 37.4 Å². The average Bonchev–Trinajstić information content (AvgIpc) is 2.75. The highest BCUT2D eigenvalue weighted by atomic mass is 16.2. The normalized spacial score (nSPS) is 15.4. The number of carbonyl (C=O) groups excluding carboxylic acids is 1. The highest BCUT2D eigenvalue weighted by Gasteiger charge is 2.23. The third-order valence-corrected chi connectivity index (χ3v) is 5.89. The second kappa shape index (κ2) is 10.5. The van der Waals surface area contributed by atoms with Crippen molar-refractivity contribution in [2.24, 2.45) is 0 Å². The molecule has 1 aliphatic heterocycles. The highest BCUT2D eigenvalue weighted by molar-refractivity contribution is 5.78. The van der Waals surface area contributed by atoms with Crippen LogP contribution in [0.4, 0.5) is 5.95 Å². The fourth-order valence-electron chi connectivity index (χ4n) is 4.00. The van der Waals surface area contributed by atoms with Gasteiger partial charge in [-0.05, 0) is 52.3 Å². The van der Waals surface area contributed by atoms with Crippen LogP contribution in [0.15, 0.2) is 17.1 Å². The third-order valence-electron chi connectivity index (χ3n) is 5.89. The monoisotopic (exact) mass is 414 g/mol. The summed E-state index contributed by atoms with van der Waals surface area (Å²) in [7, 11) is 0. The Kier molecular flexibility index (Phi) is 7.79. The van der Waals surface area contributed by atoms with E-state index < -0.39 is 0 Å². The molecule has 0 aromatic carbocycles. The average molecular weight is 415 g/mol. The van der Waals surface area contributed by atoms with E-state index in [1.807, 2.05) is 6.07 Å². The van der Waals surface area contributed by atoms with Gasteiger partial charge >= 0.3 is 0 Å². The summed E-state index contributed by atoms with van der Waals surface area (Å²) in [5.41, 5.74) is 1.50. The Balaban J connectivity index is 1.67. The summed E-state index contributed by atoms with van der Waals surface area (Å²) >= 11 is 0.